The van der Waals surface area contributed by atoms with Crippen LogP contribution in [-0.4, -0.2) is 11.7 Å². The van der Waals surface area contributed by atoms with Crippen LogP contribution in [0.4, 0.5) is 4.39 Å². The summed E-state index contributed by atoms with van der Waals surface area (Å²) in [7, 11) is 0. The van der Waals surface area contributed by atoms with Crippen molar-refractivity contribution in [3.05, 3.63) is 34.1 Å². The topological polar surface area (TPSA) is 20.2 Å². The van der Waals surface area contributed by atoms with Crippen LogP contribution in [0.5, 0.6) is 0 Å². The molecule has 0 aliphatic heterocycles. The van der Waals surface area contributed by atoms with E-state index in [-0.39, 0.29) is 23.3 Å². The maximum absolute atomic E-state index is 13.1. The first-order valence-corrected chi connectivity index (χ1v) is 5.79. The quantitative estimate of drug-likeness (QED) is 0.877. The Kier molecular flexibility index (Phi) is 2.43. The Balaban J connectivity index is 2.42. The molecule has 0 saturated heterocycles. The zero-order valence-electron chi connectivity index (χ0n) is 8.85. The fraction of sp³-hybridized carbons (Fsp3) is 0.500. The van der Waals surface area contributed by atoms with Crippen molar-refractivity contribution in [2.45, 2.75) is 25.7 Å². The van der Waals surface area contributed by atoms with Gasteiger partial charge in [-0.2, -0.15) is 0 Å². The molecular weight excluding hydrogens is 259 g/mol. The summed E-state index contributed by atoms with van der Waals surface area (Å²) < 4.78 is 13.6. The first-order chi connectivity index (χ1) is 6.93. The van der Waals surface area contributed by atoms with E-state index >= 15 is 0 Å². The molecule has 1 aliphatic carbocycles. The Bertz CT molecular complexity index is 403. The summed E-state index contributed by atoms with van der Waals surface area (Å²) in [6.45, 7) is 4.37. The highest BCUT2D eigenvalue weighted by Gasteiger charge is 2.61. The van der Waals surface area contributed by atoms with E-state index in [4.69, 9.17) is 0 Å². The van der Waals surface area contributed by atoms with Crippen LogP contribution < -0.4 is 0 Å². The Labute approximate surface area is 97.4 Å². The second-order valence-electron chi connectivity index (χ2n) is 4.93. The van der Waals surface area contributed by atoms with Crippen molar-refractivity contribution in [1.82, 2.24) is 0 Å². The number of rotatable bonds is 2. The molecule has 0 aromatic heterocycles. The molecule has 0 spiro atoms. The summed E-state index contributed by atoms with van der Waals surface area (Å²) in [4.78, 5) is 0. The van der Waals surface area contributed by atoms with Gasteiger partial charge in [0.05, 0.1) is 11.1 Å². The molecular formula is C12H14BrFO. The SMILES string of the molecule is CC1(C)CC1(CO)c1ccc(F)c(Br)c1. The minimum Gasteiger partial charge on any atom is -0.395 e. The average molecular weight is 273 g/mol. The van der Waals surface area contributed by atoms with Gasteiger partial charge in [-0.05, 0) is 45.5 Å². The molecule has 2 rings (SSSR count). The van der Waals surface area contributed by atoms with Gasteiger partial charge in [0.15, 0.2) is 0 Å². The van der Waals surface area contributed by atoms with Gasteiger partial charge < -0.3 is 5.11 Å². The van der Waals surface area contributed by atoms with Crippen molar-refractivity contribution < 1.29 is 9.50 Å². The molecule has 1 fully saturated rings. The number of aliphatic hydroxyl groups is 1. The van der Waals surface area contributed by atoms with Crippen molar-refractivity contribution in [2.24, 2.45) is 5.41 Å². The van der Waals surface area contributed by atoms with Crippen LogP contribution in [-0.2, 0) is 5.41 Å². The average Bonchev–Trinajstić information content (AvgIpc) is 2.75. The lowest BCUT2D eigenvalue weighted by atomic mass is 9.89. The highest BCUT2D eigenvalue weighted by atomic mass is 79.9. The zero-order valence-corrected chi connectivity index (χ0v) is 10.4. The molecule has 0 radical (unpaired) electrons. The molecule has 0 amide bonds. The molecule has 1 nitrogen and oxygen atoms in total. The fourth-order valence-electron chi connectivity index (χ4n) is 2.36. The van der Waals surface area contributed by atoms with Gasteiger partial charge >= 0.3 is 0 Å². The van der Waals surface area contributed by atoms with Gasteiger partial charge in [0, 0.05) is 5.41 Å². The second kappa shape index (κ2) is 3.29. The van der Waals surface area contributed by atoms with Crippen molar-refractivity contribution in [3.8, 4) is 0 Å². The van der Waals surface area contributed by atoms with Gasteiger partial charge in [-0.15, -0.1) is 0 Å². The van der Waals surface area contributed by atoms with Crippen LogP contribution in [0.1, 0.15) is 25.8 Å². The fourth-order valence-corrected chi connectivity index (χ4v) is 2.74. The standard InChI is InChI=1S/C12H14BrFO/c1-11(2)6-12(11,7-15)8-3-4-10(14)9(13)5-8/h3-5,15H,6-7H2,1-2H3. The summed E-state index contributed by atoms with van der Waals surface area (Å²) in [5.41, 5.74) is 0.950. The summed E-state index contributed by atoms with van der Waals surface area (Å²) in [5.74, 6) is -0.259. The number of hydrogen-bond donors (Lipinski definition) is 1. The molecule has 1 atom stereocenters. The maximum atomic E-state index is 13.1. The van der Waals surface area contributed by atoms with Crippen LogP contribution in [0, 0.1) is 11.2 Å². The molecule has 15 heavy (non-hydrogen) atoms. The third-order valence-corrected chi connectivity index (χ3v) is 4.26. The molecule has 1 saturated carbocycles. The molecule has 1 N–H and O–H groups in total. The Hall–Kier alpha value is -0.410. The van der Waals surface area contributed by atoms with E-state index in [2.05, 4.69) is 29.8 Å². The predicted molar refractivity (Wildman–Crippen MR) is 61.3 cm³/mol. The number of hydrogen-bond acceptors (Lipinski definition) is 1. The van der Waals surface area contributed by atoms with Gasteiger partial charge in [-0.1, -0.05) is 19.9 Å². The smallest absolute Gasteiger partial charge is 0.137 e. The first kappa shape index (κ1) is 11.1. The second-order valence-corrected chi connectivity index (χ2v) is 5.78. The molecule has 1 aliphatic rings. The van der Waals surface area contributed by atoms with Crippen molar-refractivity contribution in [3.63, 3.8) is 0 Å². The predicted octanol–water partition coefficient (Wildman–Crippen LogP) is 3.25. The molecule has 3 heteroatoms. The largest absolute Gasteiger partial charge is 0.395 e. The van der Waals surface area contributed by atoms with E-state index in [1.54, 1.807) is 12.1 Å². The Morgan fingerprint density at radius 2 is 2.07 bits per heavy atom. The van der Waals surface area contributed by atoms with E-state index in [0.717, 1.165) is 12.0 Å². The van der Waals surface area contributed by atoms with Gasteiger partial charge in [0.1, 0.15) is 5.82 Å². The highest BCUT2D eigenvalue weighted by molar-refractivity contribution is 9.10. The molecule has 1 unspecified atom stereocenters. The van der Waals surface area contributed by atoms with Gasteiger partial charge in [-0.3, -0.25) is 0 Å². The van der Waals surface area contributed by atoms with E-state index in [0.29, 0.717) is 4.47 Å². The normalized spacial score (nSPS) is 27.8. The van der Waals surface area contributed by atoms with E-state index in [1.807, 2.05) is 0 Å². The minimum absolute atomic E-state index is 0.110. The van der Waals surface area contributed by atoms with Crippen LogP contribution in [0.15, 0.2) is 22.7 Å². The zero-order chi connectivity index (χ0) is 11.3. The first-order valence-electron chi connectivity index (χ1n) is 4.99. The molecule has 1 aromatic carbocycles. The molecule has 0 bridgehead atoms. The summed E-state index contributed by atoms with van der Waals surface area (Å²) >= 11 is 3.18. The van der Waals surface area contributed by atoms with Crippen molar-refractivity contribution in [2.75, 3.05) is 6.61 Å². The molecule has 82 valence electrons. The summed E-state index contributed by atoms with van der Waals surface area (Å²) in [6, 6.07) is 5.00. The molecule has 1 aromatic rings. The van der Waals surface area contributed by atoms with E-state index in [9.17, 15) is 9.50 Å². The number of halogens is 2. The highest BCUT2D eigenvalue weighted by Crippen LogP contribution is 2.64. The molecule has 0 heterocycles. The van der Waals surface area contributed by atoms with Gasteiger partial charge in [0.25, 0.3) is 0 Å². The maximum Gasteiger partial charge on any atom is 0.137 e. The lowest BCUT2D eigenvalue weighted by Crippen LogP contribution is -2.19. The van der Waals surface area contributed by atoms with Gasteiger partial charge in [0.2, 0.25) is 0 Å². The number of aliphatic hydroxyl groups excluding tert-OH is 1. The minimum atomic E-state index is -0.259. The summed E-state index contributed by atoms with van der Waals surface area (Å²) in [5, 5.41) is 9.50. The summed E-state index contributed by atoms with van der Waals surface area (Å²) in [6.07, 6.45) is 0.953. The Morgan fingerprint density at radius 1 is 1.47 bits per heavy atom. The number of benzene rings is 1. The van der Waals surface area contributed by atoms with Crippen LogP contribution in [0.3, 0.4) is 0 Å². The lowest BCUT2D eigenvalue weighted by molar-refractivity contribution is 0.231. The van der Waals surface area contributed by atoms with Crippen molar-refractivity contribution in [1.29, 1.82) is 0 Å². The van der Waals surface area contributed by atoms with E-state index < -0.39 is 0 Å². The van der Waals surface area contributed by atoms with Crippen LogP contribution >= 0.6 is 15.9 Å². The Morgan fingerprint density at radius 3 is 2.47 bits per heavy atom. The lowest BCUT2D eigenvalue weighted by Gasteiger charge is -2.18. The van der Waals surface area contributed by atoms with E-state index in [1.165, 1.54) is 6.07 Å². The third-order valence-electron chi connectivity index (χ3n) is 3.66. The third kappa shape index (κ3) is 1.53. The van der Waals surface area contributed by atoms with Gasteiger partial charge in [-0.25, -0.2) is 4.39 Å². The monoisotopic (exact) mass is 272 g/mol. The van der Waals surface area contributed by atoms with Crippen LogP contribution in [0.25, 0.3) is 0 Å². The van der Waals surface area contributed by atoms with Crippen molar-refractivity contribution >= 4 is 15.9 Å². The van der Waals surface area contributed by atoms with Crippen LogP contribution in [0.2, 0.25) is 0 Å².